The fraction of sp³-hybridized carbons (Fsp3) is 0.533. The van der Waals surface area contributed by atoms with E-state index in [0.29, 0.717) is 29.2 Å². The number of rotatable bonds is 4. The summed E-state index contributed by atoms with van der Waals surface area (Å²) in [5.74, 6) is 1.83. The van der Waals surface area contributed by atoms with Gasteiger partial charge in [0.2, 0.25) is 5.95 Å². The monoisotopic (exact) mass is 316 g/mol. The molecule has 0 spiro atoms. The number of anilines is 1. The van der Waals surface area contributed by atoms with Crippen LogP contribution in [0.25, 0.3) is 11.5 Å². The predicted octanol–water partition coefficient (Wildman–Crippen LogP) is 3.07. The SMILES string of the molecule is Cc1nc(-c2cnc(N[C@@H]3CCC[C@@H](C)C3)[nH]2)ncc1[N+](=O)[O-]. The maximum Gasteiger partial charge on any atom is 0.308 e. The summed E-state index contributed by atoms with van der Waals surface area (Å²) in [7, 11) is 0. The van der Waals surface area contributed by atoms with Crippen molar-refractivity contribution in [2.45, 2.75) is 45.6 Å². The Kier molecular flexibility index (Phi) is 4.22. The summed E-state index contributed by atoms with van der Waals surface area (Å²) in [5, 5.41) is 14.2. The Labute approximate surface area is 133 Å². The van der Waals surface area contributed by atoms with Crippen LogP contribution in [0.2, 0.25) is 0 Å². The Bertz CT molecular complexity index is 714. The third-order valence-corrected chi connectivity index (χ3v) is 4.24. The number of hydrogen-bond acceptors (Lipinski definition) is 6. The number of aromatic nitrogens is 4. The highest BCUT2D eigenvalue weighted by Gasteiger charge is 2.20. The number of nitrogens with one attached hydrogen (secondary N) is 2. The third kappa shape index (κ3) is 3.46. The van der Waals surface area contributed by atoms with Gasteiger partial charge in [-0.3, -0.25) is 10.1 Å². The van der Waals surface area contributed by atoms with Crippen LogP contribution in [0.1, 0.15) is 38.3 Å². The average molecular weight is 316 g/mol. The van der Waals surface area contributed by atoms with Gasteiger partial charge in [-0.1, -0.05) is 19.8 Å². The van der Waals surface area contributed by atoms with Crippen LogP contribution in [0, 0.1) is 23.0 Å². The lowest BCUT2D eigenvalue weighted by Crippen LogP contribution is -2.26. The molecule has 23 heavy (non-hydrogen) atoms. The van der Waals surface area contributed by atoms with Crippen molar-refractivity contribution in [3.8, 4) is 11.5 Å². The van der Waals surface area contributed by atoms with Crippen LogP contribution in [0.5, 0.6) is 0 Å². The van der Waals surface area contributed by atoms with E-state index in [-0.39, 0.29) is 5.69 Å². The van der Waals surface area contributed by atoms with Gasteiger partial charge in [0, 0.05) is 6.04 Å². The molecule has 3 rings (SSSR count). The number of nitrogens with zero attached hydrogens (tertiary/aromatic N) is 4. The Hall–Kier alpha value is -2.51. The molecule has 1 saturated carbocycles. The molecule has 2 heterocycles. The van der Waals surface area contributed by atoms with Gasteiger partial charge in [-0.25, -0.2) is 15.0 Å². The van der Waals surface area contributed by atoms with Gasteiger partial charge in [-0.05, 0) is 25.7 Å². The molecule has 0 unspecified atom stereocenters. The lowest BCUT2D eigenvalue weighted by Gasteiger charge is -2.27. The second kappa shape index (κ2) is 6.31. The zero-order valence-corrected chi connectivity index (χ0v) is 13.2. The minimum Gasteiger partial charge on any atom is -0.353 e. The largest absolute Gasteiger partial charge is 0.353 e. The van der Waals surface area contributed by atoms with E-state index in [2.05, 4.69) is 32.2 Å². The Balaban J connectivity index is 1.74. The maximum atomic E-state index is 10.8. The van der Waals surface area contributed by atoms with Crippen molar-refractivity contribution < 1.29 is 4.92 Å². The van der Waals surface area contributed by atoms with Gasteiger partial charge < -0.3 is 10.3 Å². The molecule has 1 aliphatic carbocycles. The fourth-order valence-corrected chi connectivity index (χ4v) is 3.04. The summed E-state index contributed by atoms with van der Waals surface area (Å²) in [6, 6.07) is 0.428. The number of aromatic amines is 1. The molecule has 2 N–H and O–H groups in total. The lowest BCUT2D eigenvalue weighted by molar-refractivity contribution is -0.386. The van der Waals surface area contributed by atoms with E-state index < -0.39 is 4.92 Å². The zero-order chi connectivity index (χ0) is 16.4. The summed E-state index contributed by atoms with van der Waals surface area (Å²) in [5.41, 5.74) is 0.905. The van der Waals surface area contributed by atoms with E-state index in [1.165, 1.54) is 19.0 Å². The molecular weight excluding hydrogens is 296 g/mol. The molecule has 0 aliphatic heterocycles. The van der Waals surface area contributed by atoms with Crippen LogP contribution in [0.3, 0.4) is 0 Å². The molecule has 122 valence electrons. The minimum atomic E-state index is -0.483. The molecular formula is C15H20N6O2. The van der Waals surface area contributed by atoms with Crippen LogP contribution in [0.15, 0.2) is 12.4 Å². The molecule has 1 aliphatic rings. The topological polar surface area (TPSA) is 110 Å². The van der Waals surface area contributed by atoms with Crippen molar-refractivity contribution in [1.82, 2.24) is 19.9 Å². The van der Waals surface area contributed by atoms with Crippen LogP contribution in [0.4, 0.5) is 11.6 Å². The first kappa shape index (κ1) is 15.4. The first-order valence-corrected chi connectivity index (χ1v) is 7.83. The molecule has 2 aromatic rings. The highest BCUT2D eigenvalue weighted by molar-refractivity contribution is 5.53. The highest BCUT2D eigenvalue weighted by Crippen LogP contribution is 2.26. The summed E-state index contributed by atoms with van der Waals surface area (Å²) in [4.78, 5) is 26.0. The van der Waals surface area contributed by atoms with Gasteiger partial charge in [0.05, 0.1) is 11.1 Å². The molecule has 2 aromatic heterocycles. The fourth-order valence-electron chi connectivity index (χ4n) is 3.04. The molecule has 1 fully saturated rings. The van der Waals surface area contributed by atoms with E-state index in [1.54, 1.807) is 13.1 Å². The van der Waals surface area contributed by atoms with Crippen molar-refractivity contribution in [3.05, 3.63) is 28.2 Å². The van der Waals surface area contributed by atoms with Crippen molar-refractivity contribution >= 4 is 11.6 Å². The number of H-pyrrole nitrogens is 1. The second-order valence-electron chi connectivity index (χ2n) is 6.18. The maximum absolute atomic E-state index is 10.8. The highest BCUT2D eigenvalue weighted by atomic mass is 16.6. The van der Waals surface area contributed by atoms with E-state index in [0.717, 1.165) is 18.8 Å². The average Bonchev–Trinajstić information content (AvgIpc) is 2.95. The van der Waals surface area contributed by atoms with Crippen LogP contribution in [-0.4, -0.2) is 30.9 Å². The van der Waals surface area contributed by atoms with Crippen molar-refractivity contribution in [3.63, 3.8) is 0 Å². The van der Waals surface area contributed by atoms with Crippen molar-refractivity contribution in [2.75, 3.05) is 5.32 Å². The molecule has 0 bridgehead atoms. The van der Waals surface area contributed by atoms with E-state index in [4.69, 9.17) is 0 Å². The molecule has 0 amide bonds. The van der Waals surface area contributed by atoms with Gasteiger partial charge in [0.25, 0.3) is 0 Å². The van der Waals surface area contributed by atoms with Crippen molar-refractivity contribution in [1.29, 1.82) is 0 Å². The number of aryl methyl sites for hydroxylation is 1. The standard InChI is InChI=1S/C15H20N6O2/c1-9-4-3-5-11(6-9)19-15-17-7-12(20-15)14-16-8-13(21(22)23)10(2)18-14/h7-9,11H,3-6H2,1-2H3,(H2,17,19,20)/t9-,11-/m1/s1. The summed E-state index contributed by atoms with van der Waals surface area (Å²) >= 11 is 0. The molecule has 0 aromatic carbocycles. The molecule has 0 saturated heterocycles. The van der Waals surface area contributed by atoms with E-state index >= 15 is 0 Å². The number of imidazole rings is 1. The van der Waals surface area contributed by atoms with E-state index in [1.807, 2.05) is 0 Å². The Morgan fingerprint density at radius 1 is 1.35 bits per heavy atom. The third-order valence-electron chi connectivity index (χ3n) is 4.24. The quantitative estimate of drug-likeness (QED) is 0.662. The normalized spacial score (nSPS) is 21.1. The molecule has 8 nitrogen and oxygen atoms in total. The molecule has 2 atom stereocenters. The number of hydrogen-bond donors (Lipinski definition) is 2. The van der Waals surface area contributed by atoms with Crippen LogP contribution in [-0.2, 0) is 0 Å². The van der Waals surface area contributed by atoms with E-state index in [9.17, 15) is 10.1 Å². The van der Waals surface area contributed by atoms with Gasteiger partial charge in [0.15, 0.2) is 5.82 Å². The smallest absolute Gasteiger partial charge is 0.308 e. The first-order valence-electron chi connectivity index (χ1n) is 7.83. The summed E-state index contributed by atoms with van der Waals surface area (Å²) in [6.07, 6.45) is 7.69. The minimum absolute atomic E-state index is 0.0807. The van der Waals surface area contributed by atoms with Crippen LogP contribution >= 0.6 is 0 Å². The van der Waals surface area contributed by atoms with Crippen molar-refractivity contribution in [2.24, 2.45) is 5.92 Å². The molecule has 0 radical (unpaired) electrons. The zero-order valence-electron chi connectivity index (χ0n) is 13.2. The second-order valence-corrected chi connectivity index (χ2v) is 6.18. The Morgan fingerprint density at radius 3 is 2.87 bits per heavy atom. The number of nitro groups is 1. The van der Waals surface area contributed by atoms with Gasteiger partial charge >= 0.3 is 5.69 Å². The van der Waals surface area contributed by atoms with Gasteiger partial charge in [-0.15, -0.1) is 0 Å². The first-order chi connectivity index (χ1) is 11.0. The van der Waals surface area contributed by atoms with Crippen LogP contribution < -0.4 is 5.32 Å². The molecule has 8 heteroatoms. The van der Waals surface area contributed by atoms with Gasteiger partial charge in [-0.2, -0.15) is 0 Å². The lowest BCUT2D eigenvalue weighted by atomic mass is 9.87. The summed E-state index contributed by atoms with van der Waals surface area (Å²) in [6.45, 7) is 3.87. The predicted molar refractivity (Wildman–Crippen MR) is 86.0 cm³/mol. The Morgan fingerprint density at radius 2 is 2.17 bits per heavy atom. The summed E-state index contributed by atoms with van der Waals surface area (Å²) < 4.78 is 0. The van der Waals surface area contributed by atoms with Gasteiger partial charge in [0.1, 0.15) is 17.6 Å².